The van der Waals surface area contributed by atoms with Crippen molar-refractivity contribution in [1.29, 1.82) is 0 Å². The molecule has 0 saturated heterocycles. The van der Waals surface area contributed by atoms with Crippen LogP contribution in [0.4, 0.5) is 0 Å². The van der Waals surface area contributed by atoms with Gasteiger partial charge in [0.2, 0.25) is 0 Å². The highest BCUT2D eigenvalue weighted by Crippen LogP contribution is 2.16. The molecule has 0 amide bonds. The lowest BCUT2D eigenvalue weighted by Crippen LogP contribution is -2.35. The zero-order chi connectivity index (χ0) is 11.2. The molecule has 0 aromatic carbocycles. The van der Waals surface area contributed by atoms with Crippen molar-refractivity contribution in [2.45, 2.75) is 44.7 Å². The van der Waals surface area contributed by atoms with Gasteiger partial charge in [-0.2, -0.15) is 0 Å². The van der Waals surface area contributed by atoms with Crippen molar-refractivity contribution in [3.63, 3.8) is 0 Å². The first kappa shape index (κ1) is 11.3. The second-order valence-corrected chi connectivity index (χ2v) is 4.38. The Hall–Kier alpha value is -1.16. The molecule has 2 rings (SSSR count). The van der Waals surface area contributed by atoms with Gasteiger partial charge < -0.3 is 5.32 Å². The van der Waals surface area contributed by atoms with Crippen molar-refractivity contribution in [3.8, 4) is 0 Å². The van der Waals surface area contributed by atoms with Crippen LogP contribution in [-0.2, 0) is 6.54 Å². The quantitative estimate of drug-likeness (QED) is 0.830. The Morgan fingerprint density at radius 2 is 2.19 bits per heavy atom. The molecule has 0 spiro atoms. The summed E-state index contributed by atoms with van der Waals surface area (Å²) < 4.78 is 1.65. The van der Waals surface area contributed by atoms with Gasteiger partial charge in [0.15, 0.2) is 0 Å². The minimum atomic E-state index is -0.159. The fourth-order valence-electron chi connectivity index (χ4n) is 2.25. The van der Waals surface area contributed by atoms with Gasteiger partial charge in [-0.3, -0.25) is 4.57 Å². The monoisotopic (exact) mass is 221 g/mol. The summed E-state index contributed by atoms with van der Waals surface area (Å²) in [6.45, 7) is 1.57. The Balaban J connectivity index is 1.75. The maximum Gasteiger partial charge on any atom is 0.347 e. The Labute approximate surface area is 95.7 Å². The first-order valence-electron chi connectivity index (χ1n) is 6.11. The number of rotatable bonds is 4. The number of hydrogen-bond acceptors (Lipinski definition) is 3. The van der Waals surface area contributed by atoms with Gasteiger partial charge >= 0.3 is 5.69 Å². The van der Waals surface area contributed by atoms with Gasteiger partial charge in [0, 0.05) is 31.5 Å². The van der Waals surface area contributed by atoms with Gasteiger partial charge in [0.05, 0.1) is 0 Å². The molecule has 4 nitrogen and oxygen atoms in total. The maximum absolute atomic E-state index is 11.3. The van der Waals surface area contributed by atoms with E-state index >= 15 is 0 Å². The van der Waals surface area contributed by atoms with Crippen LogP contribution in [0.5, 0.6) is 0 Å². The molecule has 1 aromatic heterocycles. The molecule has 4 heteroatoms. The van der Waals surface area contributed by atoms with Crippen LogP contribution < -0.4 is 11.0 Å². The molecule has 16 heavy (non-hydrogen) atoms. The zero-order valence-corrected chi connectivity index (χ0v) is 9.56. The predicted octanol–water partition coefficient (Wildman–Crippen LogP) is 1.17. The average molecular weight is 221 g/mol. The van der Waals surface area contributed by atoms with Crippen LogP contribution in [0, 0.1) is 0 Å². The van der Waals surface area contributed by atoms with Crippen LogP contribution in [0.25, 0.3) is 0 Å². The standard InChI is InChI=1S/C12H19N3O/c16-12-14-7-4-9-15(12)10-8-13-11-5-2-1-3-6-11/h4,7,9,11,13H,1-3,5-6,8,10H2. The molecule has 0 aliphatic heterocycles. The van der Waals surface area contributed by atoms with Gasteiger partial charge in [0.1, 0.15) is 0 Å². The summed E-state index contributed by atoms with van der Waals surface area (Å²) in [5.41, 5.74) is -0.159. The summed E-state index contributed by atoms with van der Waals surface area (Å²) in [6.07, 6.45) is 9.93. The van der Waals surface area contributed by atoms with Crippen molar-refractivity contribution >= 4 is 0 Å². The van der Waals surface area contributed by atoms with Crippen LogP contribution >= 0.6 is 0 Å². The molecule has 0 radical (unpaired) electrons. The normalized spacial score (nSPS) is 17.5. The highest BCUT2D eigenvalue weighted by Gasteiger charge is 2.11. The average Bonchev–Trinajstić information content (AvgIpc) is 2.33. The molecule has 88 valence electrons. The van der Waals surface area contributed by atoms with Gasteiger partial charge in [-0.1, -0.05) is 19.3 Å². The van der Waals surface area contributed by atoms with E-state index in [0.29, 0.717) is 12.6 Å². The number of nitrogens with zero attached hydrogens (tertiary/aromatic N) is 2. The first-order chi connectivity index (χ1) is 7.86. The maximum atomic E-state index is 11.3. The third-order valence-electron chi connectivity index (χ3n) is 3.17. The van der Waals surface area contributed by atoms with E-state index < -0.39 is 0 Å². The first-order valence-corrected chi connectivity index (χ1v) is 6.11. The Kier molecular flexibility index (Phi) is 4.10. The van der Waals surface area contributed by atoms with E-state index in [2.05, 4.69) is 10.3 Å². The largest absolute Gasteiger partial charge is 0.347 e. The molecule has 1 fully saturated rings. The highest BCUT2D eigenvalue weighted by molar-refractivity contribution is 4.81. The molecule has 1 aliphatic rings. The number of nitrogens with one attached hydrogen (secondary N) is 1. The van der Waals surface area contributed by atoms with Gasteiger partial charge in [-0.25, -0.2) is 9.78 Å². The SMILES string of the molecule is O=c1ncccn1CCNC1CCCCC1. The fraction of sp³-hybridized carbons (Fsp3) is 0.667. The van der Waals surface area contributed by atoms with Crippen LogP contribution in [0.2, 0.25) is 0 Å². The minimum Gasteiger partial charge on any atom is -0.312 e. The van der Waals surface area contributed by atoms with Crippen molar-refractivity contribution < 1.29 is 0 Å². The lowest BCUT2D eigenvalue weighted by atomic mass is 9.95. The van der Waals surface area contributed by atoms with Crippen molar-refractivity contribution in [2.24, 2.45) is 0 Å². The predicted molar refractivity (Wildman–Crippen MR) is 63.4 cm³/mol. The summed E-state index contributed by atoms with van der Waals surface area (Å²) in [4.78, 5) is 15.0. The minimum absolute atomic E-state index is 0.159. The molecule has 1 heterocycles. The van der Waals surface area contributed by atoms with Crippen molar-refractivity contribution in [3.05, 3.63) is 28.9 Å². The van der Waals surface area contributed by atoms with E-state index in [4.69, 9.17) is 0 Å². The zero-order valence-electron chi connectivity index (χ0n) is 9.56. The molecule has 1 aromatic rings. The van der Waals surface area contributed by atoms with E-state index in [1.165, 1.54) is 38.3 Å². The lowest BCUT2D eigenvalue weighted by Gasteiger charge is -2.22. The molecule has 1 N–H and O–H groups in total. The van der Waals surface area contributed by atoms with Crippen molar-refractivity contribution in [1.82, 2.24) is 14.9 Å². The Morgan fingerprint density at radius 3 is 2.94 bits per heavy atom. The van der Waals surface area contributed by atoms with Crippen molar-refractivity contribution in [2.75, 3.05) is 6.54 Å². The summed E-state index contributed by atoms with van der Waals surface area (Å²) in [5, 5.41) is 3.51. The molecule has 0 atom stereocenters. The van der Waals surface area contributed by atoms with Crippen LogP contribution in [0.1, 0.15) is 32.1 Å². The summed E-state index contributed by atoms with van der Waals surface area (Å²) in [6, 6.07) is 2.45. The molecule has 0 unspecified atom stereocenters. The number of hydrogen-bond donors (Lipinski definition) is 1. The van der Waals surface area contributed by atoms with E-state index in [9.17, 15) is 4.79 Å². The van der Waals surface area contributed by atoms with E-state index in [1.807, 2.05) is 0 Å². The lowest BCUT2D eigenvalue weighted by molar-refractivity contribution is 0.366. The third-order valence-corrected chi connectivity index (χ3v) is 3.17. The third kappa shape index (κ3) is 3.17. The number of aromatic nitrogens is 2. The van der Waals surface area contributed by atoms with Crippen LogP contribution in [0.3, 0.4) is 0 Å². The molecular weight excluding hydrogens is 202 g/mol. The topological polar surface area (TPSA) is 46.9 Å². The fourth-order valence-corrected chi connectivity index (χ4v) is 2.25. The van der Waals surface area contributed by atoms with Crippen LogP contribution in [-0.4, -0.2) is 22.1 Å². The molecule has 0 bridgehead atoms. The van der Waals surface area contributed by atoms with Gasteiger partial charge in [-0.15, -0.1) is 0 Å². The molecule has 1 saturated carbocycles. The van der Waals surface area contributed by atoms with Crippen LogP contribution in [0.15, 0.2) is 23.3 Å². The Morgan fingerprint density at radius 1 is 1.38 bits per heavy atom. The van der Waals surface area contributed by atoms with E-state index in [0.717, 1.165) is 6.54 Å². The smallest absolute Gasteiger partial charge is 0.312 e. The van der Waals surface area contributed by atoms with Gasteiger partial charge in [-0.05, 0) is 18.9 Å². The van der Waals surface area contributed by atoms with E-state index in [-0.39, 0.29) is 5.69 Å². The van der Waals surface area contributed by atoms with Gasteiger partial charge in [0.25, 0.3) is 0 Å². The summed E-state index contributed by atoms with van der Waals surface area (Å²) >= 11 is 0. The second kappa shape index (κ2) is 5.80. The summed E-state index contributed by atoms with van der Waals surface area (Å²) in [7, 11) is 0. The second-order valence-electron chi connectivity index (χ2n) is 4.38. The summed E-state index contributed by atoms with van der Waals surface area (Å²) in [5.74, 6) is 0. The Bertz CT molecular complexity index is 369. The highest BCUT2D eigenvalue weighted by atomic mass is 16.1. The molecule has 1 aliphatic carbocycles. The molecular formula is C12H19N3O. The van der Waals surface area contributed by atoms with E-state index in [1.54, 1.807) is 16.8 Å².